The number of rotatable bonds is 2. The zero-order valence-electron chi connectivity index (χ0n) is 9.27. The number of hydrogen-bond acceptors (Lipinski definition) is 1. The van der Waals surface area contributed by atoms with E-state index in [0.717, 1.165) is 17.9 Å². The second-order valence-corrected chi connectivity index (χ2v) is 5.18. The Balaban J connectivity index is 2.11. The molecule has 0 saturated heterocycles. The number of hydrogen-bond donors (Lipinski definition) is 1. The molecule has 2 fully saturated rings. The van der Waals surface area contributed by atoms with Gasteiger partial charge in [-0.2, -0.15) is 0 Å². The number of fused-ring (bicyclic) bond motifs is 1. The minimum absolute atomic E-state index is 0.611. The molecule has 0 amide bonds. The first kappa shape index (κ1) is 9.51. The van der Waals surface area contributed by atoms with E-state index in [2.05, 4.69) is 26.2 Å². The third kappa shape index (κ3) is 1.16. The van der Waals surface area contributed by atoms with Gasteiger partial charge in [0, 0.05) is 6.04 Å². The lowest BCUT2D eigenvalue weighted by Crippen LogP contribution is -2.65. The van der Waals surface area contributed by atoms with Crippen LogP contribution in [0.1, 0.15) is 46.0 Å². The summed E-state index contributed by atoms with van der Waals surface area (Å²) in [5, 5.41) is 3.54. The van der Waals surface area contributed by atoms with Crippen LogP contribution < -0.4 is 5.32 Å². The van der Waals surface area contributed by atoms with Gasteiger partial charge in [-0.25, -0.2) is 0 Å². The van der Waals surface area contributed by atoms with Crippen molar-refractivity contribution in [2.45, 2.75) is 52.0 Å². The van der Waals surface area contributed by atoms with Crippen molar-refractivity contribution in [1.29, 1.82) is 0 Å². The summed E-state index contributed by atoms with van der Waals surface area (Å²) >= 11 is 0. The molecule has 0 aromatic rings. The van der Waals surface area contributed by atoms with Crippen LogP contribution in [0.5, 0.6) is 0 Å². The highest BCUT2D eigenvalue weighted by atomic mass is 15.0. The molecule has 4 unspecified atom stereocenters. The van der Waals surface area contributed by atoms with Crippen molar-refractivity contribution in [3.05, 3.63) is 0 Å². The summed E-state index contributed by atoms with van der Waals surface area (Å²) in [7, 11) is 2.14. The van der Waals surface area contributed by atoms with E-state index in [0.29, 0.717) is 5.41 Å². The van der Waals surface area contributed by atoms with Gasteiger partial charge in [0.15, 0.2) is 0 Å². The summed E-state index contributed by atoms with van der Waals surface area (Å²) < 4.78 is 0. The highest BCUT2D eigenvalue weighted by molar-refractivity contribution is 5.09. The quantitative estimate of drug-likeness (QED) is 0.690. The third-order valence-corrected chi connectivity index (χ3v) is 4.88. The molecule has 2 rings (SSSR count). The van der Waals surface area contributed by atoms with E-state index in [9.17, 15) is 0 Å². The smallest absolute Gasteiger partial charge is 0.0152 e. The molecular formula is C12H23N. The van der Waals surface area contributed by atoms with Gasteiger partial charge < -0.3 is 5.32 Å². The molecule has 0 spiro atoms. The Morgan fingerprint density at radius 1 is 1.31 bits per heavy atom. The van der Waals surface area contributed by atoms with Crippen LogP contribution in [0.4, 0.5) is 0 Å². The van der Waals surface area contributed by atoms with E-state index in [1.165, 1.54) is 32.1 Å². The summed E-state index contributed by atoms with van der Waals surface area (Å²) in [5.74, 6) is 2.03. The predicted molar refractivity (Wildman–Crippen MR) is 56.7 cm³/mol. The van der Waals surface area contributed by atoms with Gasteiger partial charge in [-0.05, 0) is 43.6 Å². The van der Waals surface area contributed by atoms with Crippen LogP contribution >= 0.6 is 0 Å². The first-order valence-corrected chi connectivity index (χ1v) is 5.91. The topological polar surface area (TPSA) is 12.0 Å². The Bertz CT molecular complexity index is 182. The van der Waals surface area contributed by atoms with E-state index in [-0.39, 0.29) is 0 Å². The molecule has 0 heterocycles. The zero-order chi connectivity index (χ0) is 9.47. The highest BCUT2D eigenvalue weighted by Crippen LogP contribution is 2.58. The molecule has 0 bridgehead atoms. The molecule has 0 radical (unpaired) electrons. The SMILES string of the molecule is CCC1(C)C2CCCCC2C1NC. The van der Waals surface area contributed by atoms with Crippen molar-refractivity contribution in [2.75, 3.05) is 7.05 Å². The molecule has 2 aliphatic carbocycles. The second-order valence-electron chi connectivity index (χ2n) is 5.18. The maximum Gasteiger partial charge on any atom is 0.0152 e. The molecule has 76 valence electrons. The van der Waals surface area contributed by atoms with Crippen molar-refractivity contribution < 1.29 is 0 Å². The second kappa shape index (κ2) is 3.27. The molecule has 13 heavy (non-hydrogen) atoms. The van der Waals surface area contributed by atoms with E-state index in [4.69, 9.17) is 0 Å². The first-order valence-electron chi connectivity index (χ1n) is 5.91. The Hall–Kier alpha value is -0.0400. The Morgan fingerprint density at radius 3 is 2.62 bits per heavy atom. The van der Waals surface area contributed by atoms with Crippen LogP contribution in [0.2, 0.25) is 0 Å². The van der Waals surface area contributed by atoms with Gasteiger partial charge in [0.1, 0.15) is 0 Å². The van der Waals surface area contributed by atoms with Crippen molar-refractivity contribution in [2.24, 2.45) is 17.3 Å². The van der Waals surface area contributed by atoms with E-state index < -0.39 is 0 Å². The Kier molecular flexibility index (Phi) is 2.39. The summed E-state index contributed by atoms with van der Waals surface area (Å²) in [4.78, 5) is 0. The molecule has 4 atom stereocenters. The minimum Gasteiger partial charge on any atom is -0.316 e. The van der Waals surface area contributed by atoms with Crippen LogP contribution in [0.3, 0.4) is 0 Å². The van der Waals surface area contributed by atoms with E-state index in [1.54, 1.807) is 0 Å². The van der Waals surface area contributed by atoms with Gasteiger partial charge in [0.05, 0.1) is 0 Å². The van der Waals surface area contributed by atoms with Crippen molar-refractivity contribution in [1.82, 2.24) is 5.32 Å². The van der Waals surface area contributed by atoms with Gasteiger partial charge >= 0.3 is 0 Å². The van der Waals surface area contributed by atoms with E-state index in [1.807, 2.05) is 0 Å². The fraction of sp³-hybridized carbons (Fsp3) is 1.00. The lowest BCUT2D eigenvalue weighted by atomic mass is 9.46. The molecule has 2 saturated carbocycles. The average molecular weight is 181 g/mol. The lowest BCUT2D eigenvalue weighted by molar-refractivity contribution is -0.0997. The Labute approximate surface area is 82.3 Å². The average Bonchev–Trinajstić information content (AvgIpc) is 2.17. The van der Waals surface area contributed by atoms with Crippen molar-refractivity contribution >= 4 is 0 Å². The molecule has 1 N–H and O–H groups in total. The monoisotopic (exact) mass is 181 g/mol. The molecule has 1 nitrogen and oxygen atoms in total. The predicted octanol–water partition coefficient (Wildman–Crippen LogP) is 2.81. The normalized spacial score (nSPS) is 49.6. The molecule has 1 heteroatoms. The van der Waals surface area contributed by atoms with Crippen LogP contribution in [0.15, 0.2) is 0 Å². The van der Waals surface area contributed by atoms with Crippen molar-refractivity contribution in [3.8, 4) is 0 Å². The fourth-order valence-electron chi connectivity index (χ4n) is 4.00. The van der Waals surface area contributed by atoms with Crippen LogP contribution in [0.25, 0.3) is 0 Å². The van der Waals surface area contributed by atoms with Crippen LogP contribution in [-0.2, 0) is 0 Å². The third-order valence-electron chi connectivity index (χ3n) is 4.88. The summed E-state index contributed by atoms with van der Waals surface area (Å²) in [5.41, 5.74) is 0.611. The van der Waals surface area contributed by atoms with Gasteiger partial charge in [-0.1, -0.05) is 26.7 Å². The summed E-state index contributed by atoms with van der Waals surface area (Å²) in [6, 6.07) is 0.808. The molecule has 0 aliphatic heterocycles. The highest BCUT2D eigenvalue weighted by Gasteiger charge is 2.56. The maximum atomic E-state index is 3.54. The van der Waals surface area contributed by atoms with Crippen molar-refractivity contribution in [3.63, 3.8) is 0 Å². The first-order chi connectivity index (χ1) is 6.24. The maximum absolute atomic E-state index is 3.54. The molecule has 0 aromatic carbocycles. The van der Waals surface area contributed by atoms with Gasteiger partial charge in [0.25, 0.3) is 0 Å². The van der Waals surface area contributed by atoms with Crippen LogP contribution in [0, 0.1) is 17.3 Å². The molecule has 0 aromatic heterocycles. The lowest BCUT2D eigenvalue weighted by Gasteiger charge is -2.62. The van der Waals surface area contributed by atoms with Gasteiger partial charge in [-0.3, -0.25) is 0 Å². The minimum atomic E-state index is 0.611. The van der Waals surface area contributed by atoms with Gasteiger partial charge in [-0.15, -0.1) is 0 Å². The van der Waals surface area contributed by atoms with Gasteiger partial charge in [0.2, 0.25) is 0 Å². The molecule has 2 aliphatic rings. The zero-order valence-corrected chi connectivity index (χ0v) is 9.27. The fourth-order valence-corrected chi connectivity index (χ4v) is 4.00. The largest absolute Gasteiger partial charge is 0.316 e. The Morgan fingerprint density at radius 2 is 2.00 bits per heavy atom. The number of nitrogens with one attached hydrogen (secondary N) is 1. The summed E-state index contributed by atoms with van der Waals surface area (Å²) in [6.45, 7) is 4.84. The standard InChI is InChI=1S/C12H23N/c1-4-12(2)10-8-6-5-7-9(10)11(12)13-3/h9-11,13H,4-8H2,1-3H3. The molecular weight excluding hydrogens is 158 g/mol. The van der Waals surface area contributed by atoms with E-state index >= 15 is 0 Å². The summed E-state index contributed by atoms with van der Waals surface area (Å²) in [6.07, 6.45) is 7.27. The van der Waals surface area contributed by atoms with Crippen LogP contribution in [-0.4, -0.2) is 13.1 Å².